The number of aromatic nitrogens is 1. The summed E-state index contributed by atoms with van der Waals surface area (Å²) >= 11 is 0. The highest BCUT2D eigenvalue weighted by molar-refractivity contribution is 5.96. The zero-order valence-electron chi connectivity index (χ0n) is 21.6. The van der Waals surface area contributed by atoms with Crippen molar-refractivity contribution in [2.75, 3.05) is 38.0 Å². The van der Waals surface area contributed by atoms with E-state index >= 15 is 0 Å². The van der Waals surface area contributed by atoms with Gasteiger partial charge in [0.25, 0.3) is 5.91 Å². The Labute approximate surface area is 218 Å². The molecular formula is C30H35N5O2. The number of pyridine rings is 1. The lowest BCUT2D eigenvalue weighted by molar-refractivity contribution is 0.0772. The molecule has 3 aromatic rings. The van der Waals surface area contributed by atoms with Crippen LogP contribution in [-0.4, -0.2) is 59.4 Å². The number of carbonyl (C=O) groups is 2. The number of likely N-dealkylation sites (tertiary alicyclic amines) is 2. The number of hydrogen-bond acceptors (Lipinski definition) is 4. The fraction of sp³-hybridized carbons (Fsp3) is 0.367. The van der Waals surface area contributed by atoms with Gasteiger partial charge < -0.3 is 20.4 Å². The van der Waals surface area contributed by atoms with Gasteiger partial charge in [-0.05, 0) is 61.4 Å². The molecule has 3 atom stereocenters. The van der Waals surface area contributed by atoms with Crippen molar-refractivity contribution in [1.29, 1.82) is 0 Å². The van der Waals surface area contributed by atoms with Crippen LogP contribution in [0.1, 0.15) is 39.6 Å². The van der Waals surface area contributed by atoms with Gasteiger partial charge in [0.1, 0.15) is 0 Å². The maximum absolute atomic E-state index is 13.2. The molecule has 0 saturated carbocycles. The minimum absolute atomic E-state index is 0.0834. The van der Waals surface area contributed by atoms with E-state index in [1.54, 1.807) is 6.20 Å². The third kappa shape index (κ3) is 5.83. The summed E-state index contributed by atoms with van der Waals surface area (Å²) in [5, 5.41) is 6.11. The second-order valence-electron chi connectivity index (χ2n) is 10.3. The Hall–Kier alpha value is -3.71. The van der Waals surface area contributed by atoms with Gasteiger partial charge in [0.05, 0.1) is 17.3 Å². The van der Waals surface area contributed by atoms with Gasteiger partial charge in [0, 0.05) is 44.6 Å². The predicted octanol–water partition coefficient (Wildman–Crippen LogP) is 4.66. The molecule has 2 saturated heterocycles. The van der Waals surface area contributed by atoms with Gasteiger partial charge in [-0.15, -0.1) is 0 Å². The summed E-state index contributed by atoms with van der Waals surface area (Å²) in [6, 6.07) is 21.3. The average molecular weight is 498 g/mol. The Morgan fingerprint density at radius 1 is 0.919 bits per heavy atom. The van der Waals surface area contributed by atoms with Crippen molar-refractivity contribution in [1.82, 2.24) is 20.1 Å². The van der Waals surface area contributed by atoms with E-state index in [9.17, 15) is 9.59 Å². The van der Waals surface area contributed by atoms with Gasteiger partial charge in [-0.3, -0.25) is 9.78 Å². The van der Waals surface area contributed by atoms with E-state index in [1.807, 2.05) is 73.3 Å². The van der Waals surface area contributed by atoms with Crippen LogP contribution in [0.2, 0.25) is 0 Å². The van der Waals surface area contributed by atoms with Crippen molar-refractivity contribution >= 4 is 17.6 Å². The van der Waals surface area contributed by atoms with E-state index in [1.165, 1.54) is 0 Å². The van der Waals surface area contributed by atoms with Crippen LogP contribution in [0, 0.1) is 25.7 Å². The number of carbonyl (C=O) groups excluding carboxylic acids is 2. The van der Waals surface area contributed by atoms with E-state index in [-0.39, 0.29) is 18.0 Å². The first-order chi connectivity index (χ1) is 18.0. The van der Waals surface area contributed by atoms with E-state index in [4.69, 9.17) is 0 Å². The highest BCUT2D eigenvalue weighted by Gasteiger charge is 2.42. The van der Waals surface area contributed by atoms with Crippen LogP contribution in [-0.2, 0) is 0 Å². The molecule has 0 bridgehead atoms. The number of amides is 3. The molecule has 37 heavy (non-hydrogen) atoms. The van der Waals surface area contributed by atoms with Crippen molar-refractivity contribution in [2.24, 2.45) is 11.8 Å². The summed E-state index contributed by atoms with van der Waals surface area (Å²) < 4.78 is 0. The van der Waals surface area contributed by atoms with Crippen molar-refractivity contribution in [3.63, 3.8) is 0 Å². The molecular weight excluding hydrogens is 462 g/mol. The Morgan fingerprint density at radius 3 is 2.22 bits per heavy atom. The second-order valence-corrected chi connectivity index (χ2v) is 10.3. The summed E-state index contributed by atoms with van der Waals surface area (Å²) in [5.74, 6) is 1.10. The largest absolute Gasteiger partial charge is 0.338 e. The van der Waals surface area contributed by atoms with Crippen LogP contribution in [0.15, 0.2) is 72.9 Å². The van der Waals surface area contributed by atoms with Crippen LogP contribution in [0.3, 0.4) is 0 Å². The zero-order chi connectivity index (χ0) is 25.8. The number of nitrogens with one attached hydrogen (secondary N) is 2. The molecule has 2 unspecified atom stereocenters. The highest BCUT2D eigenvalue weighted by atomic mass is 16.2. The molecule has 2 fully saturated rings. The molecule has 0 spiro atoms. The molecule has 5 rings (SSSR count). The van der Waals surface area contributed by atoms with Gasteiger partial charge in [-0.25, -0.2) is 4.79 Å². The second kappa shape index (κ2) is 11.1. The number of hydrogen-bond donors (Lipinski definition) is 2. The topological polar surface area (TPSA) is 77.6 Å². The molecule has 1 aromatic heterocycles. The van der Waals surface area contributed by atoms with Crippen LogP contribution in [0.4, 0.5) is 10.5 Å². The lowest BCUT2D eigenvalue weighted by Crippen LogP contribution is -2.36. The van der Waals surface area contributed by atoms with Crippen LogP contribution in [0.25, 0.3) is 0 Å². The minimum Gasteiger partial charge on any atom is -0.338 e. The number of nitrogens with zero attached hydrogens (tertiary/aromatic N) is 3. The standard InChI is InChI=1S/C30H35N5O2/c1-21-13-15-31-22(2)28(21)29(36)35-19-24-17-34(18-25(24)20-35)16-14-27(23-9-5-3-6-10-23)33-30(37)32-26-11-7-4-8-12-26/h3-13,15,24-25,27H,14,16-20H2,1-2H3,(H2,32,33,37)/t24-,25?,27?/m0/s1. The molecule has 0 radical (unpaired) electrons. The lowest BCUT2D eigenvalue weighted by Gasteiger charge is -2.25. The third-order valence-electron chi connectivity index (χ3n) is 7.68. The fourth-order valence-electron chi connectivity index (χ4n) is 5.78. The highest BCUT2D eigenvalue weighted by Crippen LogP contribution is 2.33. The minimum atomic E-state index is -0.200. The Kier molecular flexibility index (Phi) is 7.51. The van der Waals surface area contributed by atoms with Crippen molar-refractivity contribution in [2.45, 2.75) is 26.3 Å². The molecule has 2 N–H and O–H groups in total. The fourth-order valence-corrected chi connectivity index (χ4v) is 5.78. The number of anilines is 1. The number of fused-ring (bicyclic) bond motifs is 1. The maximum Gasteiger partial charge on any atom is 0.319 e. The van der Waals surface area contributed by atoms with Crippen molar-refractivity contribution < 1.29 is 9.59 Å². The number of rotatable bonds is 7. The number of urea groups is 1. The molecule has 7 heteroatoms. The first-order valence-corrected chi connectivity index (χ1v) is 13.1. The zero-order valence-corrected chi connectivity index (χ0v) is 21.6. The monoisotopic (exact) mass is 497 g/mol. The average Bonchev–Trinajstić information content (AvgIpc) is 3.47. The summed E-state index contributed by atoms with van der Waals surface area (Å²) in [6.45, 7) is 8.36. The number of aryl methyl sites for hydroxylation is 2. The molecule has 2 aromatic carbocycles. The molecule has 3 amide bonds. The Morgan fingerprint density at radius 2 is 1.57 bits per heavy atom. The Balaban J connectivity index is 1.17. The van der Waals surface area contributed by atoms with Crippen molar-refractivity contribution in [3.8, 4) is 0 Å². The number of para-hydroxylation sites is 1. The summed E-state index contributed by atoms with van der Waals surface area (Å²) in [5.41, 5.74) is 4.43. The van der Waals surface area contributed by atoms with Gasteiger partial charge in [-0.1, -0.05) is 48.5 Å². The SMILES string of the molecule is Cc1ccnc(C)c1C(=O)N1CC2CN(CCC(NC(=O)Nc3ccccc3)c3ccccc3)C[C@H]2C1. The van der Waals surface area contributed by atoms with Crippen LogP contribution >= 0.6 is 0 Å². The smallest absolute Gasteiger partial charge is 0.319 e. The molecule has 2 aliphatic heterocycles. The van der Waals surface area contributed by atoms with E-state index in [2.05, 4.69) is 32.7 Å². The van der Waals surface area contributed by atoms with Gasteiger partial charge >= 0.3 is 6.03 Å². The van der Waals surface area contributed by atoms with E-state index < -0.39 is 0 Å². The summed E-state index contributed by atoms with van der Waals surface area (Å²) in [6.07, 6.45) is 2.59. The molecule has 0 aliphatic carbocycles. The molecule has 7 nitrogen and oxygen atoms in total. The van der Waals surface area contributed by atoms with E-state index in [0.717, 1.165) is 67.2 Å². The van der Waals surface area contributed by atoms with Gasteiger partial charge in [-0.2, -0.15) is 0 Å². The van der Waals surface area contributed by atoms with Crippen LogP contribution in [0.5, 0.6) is 0 Å². The van der Waals surface area contributed by atoms with Crippen molar-refractivity contribution in [3.05, 3.63) is 95.3 Å². The summed E-state index contributed by atoms with van der Waals surface area (Å²) in [7, 11) is 0. The van der Waals surface area contributed by atoms with Gasteiger partial charge in [0.2, 0.25) is 0 Å². The molecule has 2 aliphatic rings. The lowest BCUT2D eigenvalue weighted by atomic mass is 10.0. The Bertz CT molecular complexity index is 1200. The quantitative estimate of drug-likeness (QED) is 0.498. The predicted molar refractivity (Wildman–Crippen MR) is 145 cm³/mol. The maximum atomic E-state index is 13.2. The van der Waals surface area contributed by atoms with Crippen LogP contribution < -0.4 is 10.6 Å². The van der Waals surface area contributed by atoms with Gasteiger partial charge in [0.15, 0.2) is 0 Å². The third-order valence-corrected chi connectivity index (χ3v) is 7.68. The first kappa shape index (κ1) is 25.0. The summed E-state index contributed by atoms with van der Waals surface area (Å²) in [4.78, 5) is 34.8. The molecule has 3 heterocycles. The number of benzene rings is 2. The molecule has 192 valence electrons. The first-order valence-electron chi connectivity index (χ1n) is 13.1. The normalized spacial score (nSPS) is 19.9. The van der Waals surface area contributed by atoms with E-state index in [0.29, 0.717) is 11.8 Å².